The van der Waals surface area contributed by atoms with E-state index in [1.165, 1.54) is 10.6 Å². The van der Waals surface area contributed by atoms with E-state index in [0.29, 0.717) is 5.88 Å². The SMILES string of the molecule is Cc1sc(CCl)nc1C(C)(C)C. The molecule has 0 aliphatic rings. The number of thiazole rings is 1. The molecule has 0 bridgehead atoms. The van der Waals surface area contributed by atoms with Gasteiger partial charge in [-0.05, 0) is 6.92 Å². The van der Waals surface area contributed by atoms with Gasteiger partial charge in [0.2, 0.25) is 0 Å². The number of alkyl halides is 1. The Bertz CT molecular complexity index is 273. The highest BCUT2D eigenvalue weighted by molar-refractivity contribution is 7.11. The lowest BCUT2D eigenvalue weighted by atomic mass is 9.92. The number of rotatable bonds is 1. The maximum Gasteiger partial charge on any atom is 0.108 e. The Labute approximate surface area is 82.8 Å². The molecule has 0 N–H and O–H groups in total. The zero-order valence-corrected chi connectivity index (χ0v) is 9.51. The molecule has 1 aromatic rings. The van der Waals surface area contributed by atoms with E-state index in [1.807, 2.05) is 0 Å². The van der Waals surface area contributed by atoms with Crippen molar-refractivity contribution in [2.45, 2.75) is 39.0 Å². The van der Waals surface area contributed by atoms with Crippen molar-refractivity contribution in [1.82, 2.24) is 4.98 Å². The summed E-state index contributed by atoms with van der Waals surface area (Å²) in [7, 11) is 0. The number of aryl methyl sites for hydroxylation is 1. The highest BCUT2D eigenvalue weighted by Crippen LogP contribution is 2.29. The molecule has 3 heteroatoms. The quantitative estimate of drug-likeness (QED) is 0.637. The molecule has 0 fully saturated rings. The van der Waals surface area contributed by atoms with E-state index in [1.54, 1.807) is 11.3 Å². The maximum atomic E-state index is 5.71. The average molecular weight is 204 g/mol. The molecule has 12 heavy (non-hydrogen) atoms. The molecule has 0 aliphatic carbocycles. The van der Waals surface area contributed by atoms with Gasteiger partial charge in [0, 0.05) is 10.3 Å². The third-order valence-corrected chi connectivity index (χ3v) is 3.05. The zero-order valence-electron chi connectivity index (χ0n) is 7.94. The highest BCUT2D eigenvalue weighted by atomic mass is 35.5. The first-order valence-corrected chi connectivity index (χ1v) is 5.33. The normalized spacial score (nSPS) is 12.1. The van der Waals surface area contributed by atoms with Crippen molar-refractivity contribution in [3.63, 3.8) is 0 Å². The fourth-order valence-corrected chi connectivity index (χ4v) is 2.42. The topological polar surface area (TPSA) is 12.9 Å². The van der Waals surface area contributed by atoms with E-state index in [0.717, 1.165) is 5.01 Å². The zero-order chi connectivity index (χ0) is 9.35. The van der Waals surface area contributed by atoms with Gasteiger partial charge >= 0.3 is 0 Å². The predicted molar refractivity (Wildman–Crippen MR) is 55.1 cm³/mol. The third kappa shape index (κ3) is 1.99. The molecule has 1 heterocycles. The van der Waals surface area contributed by atoms with Gasteiger partial charge in [0.15, 0.2) is 0 Å². The summed E-state index contributed by atoms with van der Waals surface area (Å²) in [5.74, 6) is 0.529. The van der Waals surface area contributed by atoms with Crippen LogP contribution in [0.5, 0.6) is 0 Å². The lowest BCUT2D eigenvalue weighted by Crippen LogP contribution is -2.13. The summed E-state index contributed by atoms with van der Waals surface area (Å²) in [5, 5.41) is 1.03. The van der Waals surface area contributed by atoms with Gasteiger partial charge in [0.05, 0.1) is 11.6 Å². The lowest BCUT2D eigenvalue weighted by Gasteiger charge is -2.16. The largest absolute Gasteiger partial charge is 0.244 e. The van der Waals surface area contributed by atoms with Crippen molar-refractivity contribution in [1.29, 1.82) is 0 Å². The van der Waals surface area contributed by atoms with Gasteiger partial charge in [-0.15, -0.1) is 22.9 Å². The Morgan fingerprint density at radius 1 is 1.42 bits per heavy atom. The van der Waals surface area contributed by atoms with Crippen LogP contribution >= 0.6 is 22.9 Å². The smallest absolute Gasteiger partial charge is 0.108 e. The number of halogens is 1. The van der Waals surface area contributed by atoms with Gasteiger partial charge in [-0.2, -0.15) is 0 Å². The molecule has 0 aliphatic heterocycles. The van der Waals surface area contributed by atoms with Crippen molar-refractivity contribution in [2.24, 2.45) is 0 Å². The van der Waals surface area contributed by atoms with Crippen LogP contribution < -0.4 is 0 Å². The lowest BCUT2D eigenvalue weighted by molar-refractivity contribution is 0.568. The van der Waals surface area contributed by atoms with E-state index in [4.69, 9.17) is 11.6 Å². The molecule has 0 spiro atoms. The minimum atomic E-state index is 0.144. The highest BCUT2D eigenvalue weighted by Gasteiger charge is 2.20. The van der Waals surface area contributed by atoms with Gasteiger partial charge in [-0.3, -0.25) is 0 Å². The molecule has 0 amide bonds. The molecule has 0 radical (unpaired) electrons. The molecule has 0 atom stereocenters. The van der Waals surface area contributed by atoms with Crippen LogP contribution in [0.2, 0.25) is 0 Å². The van der Waals surface area contributed by atoms with Crippen molar-refractivity contribution in [2.75, 3.05) is 0 Å². The average Bonchev–Trinajstić information content (AvgIpc) is 2.29. The standard InChI is InChI=1S/C9H14ClNS/c1-6-8(9(2,3)4)11-7(5-10)12-6/h5H2,1-4H3. The summed E-state index contributed by atoms with van der Waals surface area (Å²) in [5.41, 5.74) is 1.33. The summed E-state index contributed by atoms with van der Waals surface area (Å²) >= 11 is 7.41. The van der Waals surface area contributed by atoms with Crippen LogP contribution in [0.1, 0.15) is 36.3 Å². The Balaban J connectivity index is 3.08. The molecule has 0 saturated carbocycles. The van der Waals surface area contributed by atoms with Crippen LogP contribution in [-0.4, -0.2) is 4.98 Å². The van der Waals surface area contributed by atoms with Crippen LogP contribution in [0.25, 0.3) is 0 Å². The van der Waals surface area contributed by atoms with Crippen molar-refractivity contribution in [3.8, 4) is 0 Å². The monoisotopic (exact) mass is 203 g/mol. The van der Waals surface area contributed by atoms with E-state index < -0.39 is 0 Å². The fourth-order valence-electron chi connectivity index (χ4n) is 1.20. The van der Waals surface area contributed by atoms with Gasteiger partial charge in [0.25, 0.3) is 0 Å². The Morgan fingerprint density at radius 2 is 2.00 bits per heavy atom. The second kappa shape index (κ2) is 3.35. The summed E-state index contributed by atoms with van der Waals surface area (Å²) in [6, 6.07) is 0. The van der Waals surface area contributed by atoms with Gasteiger partial charge in [-0.25, -0.2) is 4.98 Å². The fraction of sp³-hybridized carbons (Fsp3) is 0.667. The molecule has 1 rings (SSSR count). The van der Waals surface area contributed by atoms with Crippen molar-refractivity contribution < 1.29 is 0 Å². The van der Waals surface area contributed by atoms with Crippen LogP contribution in [0.4, 0.5) is 0 Å². The maximum absolute atomic E-state index is 5.71. The Kier molecular flexibility index (Phi) is 2.79. The molecule has 1 nitrogen and oxygen atoms in total. The minimum absolute atomic E-state index is 0.144. The van der Waals surface area contributed by atoms with Crippen molar-refractivity contribution in [3.05, 3.63) is 15.6 Å². The number of hydrogen-bond donors (Lipinski definition) is 0. The first-order chi connectivity index (χ1) is 5.45. The van der Waals surface area contributed by atoms with E-state index in [9.17, 15) is 0 Å². The summed E-state index contributed by atoms with van der Waals surface area (Å²) < 4.78 is 0. The van der Waals surface area contributed by atoms with E-state index in [-0.39, 0.29) is 5.41 Å². The van der Waals surface area contributed by atoms with Crippen molar-refractivity contribution >= 4 is 22.9 Å². The van der Waals surface area contributed by atoms with Crippen LogP contribution in [-0.2, 0) is 11.3 Å². The second-order valence-corrected chi connectivity index (χ2v) is 5.45. The van der Waals surface area contributed by atoms with Crippen LogP contribution in [0.15, 0.2) is 0 Å². The summed E-state index contributed by atoms with van der Waals surface area (Å²) in [6.45, 7) is 8.63. The summed E-state index contributed by atoms with van der Waals surface area (Å²) in [6.07, 6.45) is 0. The first-order valence-electron chi connectivity index (χ1n) is 3.98. The third-order valence-electron chi connectivity index (χ3n) is 1.67. The molecule has 0 aromatic carbocycles. The first kappa shape index (κ1) is 10.0. The van der Waals surface area contributed by atoms with Crippen LogP contribution in [0, 0.1) is 6.92 Å². The molecular weight excluding hydrogens is 190 g/mol. The Hall–Kier alpha value is -0.0800. The molecule has 0 unspecified atom stereocenters. The predicted octanol–water partition coefficient (Wildman–Crippen LogP) is 3.49. The number of nitrogens with zero attached hydrogens (tertiary/aromatic N) is 1. The molecular formula is C9H14ClNS. The Morgan fingerprint density at radius 3 is 2.25 bits per heavy atom. The molecule has 68 valence electrons. The van der Waals surface area contributed by atoms with E-state index in [2.05, 4.69) is 32.7 Å². The van der Waals surface area contributed by atoms with Crippen LogP contribution in [0.3, 0.4) is 0 Å². The van der Waals surface area contributed by atoms with Gasteiger partial charge in [-0.1, -0.05) is 20.8 Å². The van der Waals surface area contributed by atoms with Gasteiger partial charge < -0.3 is 0 Å². The number of hydrogen-bond acceptors (Lipinski definition) is 2. The molecule has 0 saturated heterocycles. The number of aromatic nitrogens is 1. The molecule has 1 aromatic heterocycles. The summed E-state index contributed by atoms with van der Waals surface area (Å²) in [4.78, 5) is 5.78. The van der Waals surface area contributed by atoms with Gasteiger partial charge in [0.1, 0.15) is 5.01 Å². The second-order valence-electron chi connectivity index (χ2n) is 3.90. The minimum Gasteiger partial charge on any atom is -0.244 e. The van der Waals surface area contributed by atoms with E-state index >= 15 is 0 Å².